The lowest BCUT2D eigenvalue weighted by molar-refractivity contribution is -0.126. The molecule has 1 N–H and O–H groups in total. The summed E-state index contributed by atoms with van der Waals surface area (Å²) in [6.45, 7) is 7.39. The fraction of sp³-hybridized carbons (Fsp3) is 0.320. The monoisotopic (exact) mass is 414 g/mol. The molecule has 2 aliphatic heterocycles. The summed E-state index contributed by atoms with van der Waals surface area (Å²) in [5, 5.41) is 7.58. The van der Waals surface area contributed by atoms with Crippen molar-refractivity contribution in [3.8, 4) is 0 Å². The molecule has 0 bridgehead atoms. The van der Waals surface area contributed by atoms with Crippen molar-refractivity contribution in [3.05, 3.63) is 77.0 Å². The summed E-state index contributed by atoms with van der Waals surface area (Å²) in [6, 6.07) is 16.1. The normalized spacial score (nSPS) is 19.7. The Hall–Kier alpha value is -3.41. The van der Waals surface area contributed by atoms with Crippen LogP contribution >= 0.6 is 0 Å². The highest BCUT2D eigenvalue weighted by atomic mass is 16.2. The number of nitrogens with zero attached hydrogens (tertiary/aromatic N) is 3. The Bertz CT molecular complexity index is 1180. The van der Waals surface area contributed by atoms with Crippen molar-refractivity contribution in [2.24, 2.45) is 5.92 Å². The van der Waals surface area contributed by atoms with Gasteiger partial charge in [0.2, 0.25) is 11.8 Å². The molecule has 6 heteroatoms. The first-order valence-electron chi connectivity index (χ1n) is 10.7. The molecule has 2 aromatic carbocycles. The number of carbonyl (C=O) groups is 2. The van der Waals surface area contributed by atoms with Gasteiger partial charge in [-0.2, -0.15) is 5.10 Å². The van der Waals surface area contributed by atoms with Gasteiger partial charge in [-0.05, 0) is 30.0 Å². The van der Waals surface area contributed by atoms with E-state index in [1.807, 2.05) is 29.2 Å². The smallest absolute Gasteiger partial charge is 0.242 e. The van der Waals surface area contributed by atoms with E-state index >= 15 is 0 Å². The van der Waals surface area contributed by atoms with E-state index in [-0.39, 0.29) is 18.2 Å². The second kappa shape index (κ2) is 7.08. The van der Waals surface area contributed by atoms with Gasteiger partial charge in [0.15, 0.2) is 0 Å². The average molecular weight is 415 g/mol. The van der Waals surface area contributed by atoms with Crippen LogP contribution in [0, 0.1) is 12.8 Å². The van der Waals surface area contributed by atoms with Gasteiger partial charge in [0.25, 0.3) is 0 Å². The molecule has 0 unspecified atom stereocenters. The molecule has 2 amide bonds. The van der Waals surface area contributed by atoms with E-state index in [1.54, 1.807) is 10.9 Å². The van der Waals surface area contributed by atoms with Gasteiger partial charge in [0, 0.05) is 24.2 Å². The van der Waals surface area contributed by atoms with Crippen LogP contribution < -0.4 is 10.2 Å². The number of hydrogen-bond donors (Lipinski definition) is 1. The fourth-order valence-corrected chi connectivity index (χ4v) is 4.83. The number of carbonyl (C=O) groups excluding carboxylic acids is 2. The second-order valence-corrected chi connectivity index (χ2v) is 9.01. The topological polar surface area (TPSA) is 67.2 Å². The highest BCUT2D eigenvalue weighted by Crippen LogP contribution is 2.52. The average Bonchev–Trinajstić information content (AvgIpc) is 3.23. The van der Waals surface area contributed by atoms with E-state index in [4.69, 9.17) is 0 Å². The molecule has 1 aromatic heterocycles. The maximum absolute atomic E-state index is 13.9. The SMILES string of the molecule is Cc1ccc(Cn2ncc3c2NC(=O)C[C@@]32C(=O)N(CC(C)C)c3ccccc32)cc1. The summed E-state index contributed by atoms with van der Waals surface area (Å²) in [4.78, 5) is 28.6. The molecule has 0 fully saturated rings. The first kappa shape index (κ1) is 19.5. The molecule has 31 heavy (non-hydrogen) atoms. The Balaban J connectivity index is 1.64. The minimum Gasteiger partial charge on any atom is -0.311 e. The van der Waals surface area contributed by atoms with Gasteiger partial charge in [-0.25, -0.2) is 4.68 Å². The third-order valence-corrected chi connectivity index (χ3v) is 6.25. The van der Waals surface area contributed by atoms with Crippen LogP contribution in [0.2, 0.25) is 0 Å². The molecule has 5 rings (SSSR count). The molecule has 6 nitrogen and oxygen atoms in total. The molecule has 3 heterocycles. The lowest BCUT2D eigenvalue weighted by Gasteiger charge is -2.32. The highest BCUT2D eigenvalue weighted by Gasteiger charge is 2.56. The van der Waals surface area contributed by atoms with Gasteiger partial charge >= 0.3 is 0 Å². The van der Waals surface area contributed by atoms with E-state index in [9.17, 15) is 9.59 Å². The number of nitrogens with one attached hydrogen (secondary N) is 1. The van der Waals surface area contributed by atoms with Gasteiger partial charge in [0.1, 0.15) is 11.2 Å². The number of amides is 2. The Labute approximate surface area is 181 Å². The van der Waals surface area contributed by atoms with Crippen molar-refractivity contribution < 1.29 is 9.59 Å². The van der Waals surface area contributed by atoms with Gasteiger partial charge in [-0.1, -0.05) is 61.9 Å². The van der Waals surface area contributed by atoms with Crippen LogP contribution in [-0.2, 0) is 21.5 Å². The van der Waals surface area contributed by atoms with Crippen molar-refractivity contribution in [1.82, 2.24) is 9.78 Å². The summed E-state index contributed by atoms with van der Waals surface area (Å²) in [7, 11) is 0. The molecule has 0 saturated carbocycles. The van der Waals surface area contributed by atoms with Crippen molar-refractivity contribution >= 4 is 23.3 Å². The van der Waals surface area contributed by atoms with Crippen LogP contribution in [0.3, 0.4) is 0 Å². The number of hydrogen-bond acceptors (Lipinski definition) is 3. The molecule has 0 radical (unpaired) electrons. The molecule has 0 saturated heterocycles. The molecule has 1 atom stereocenters. The van der Waals surface area contributed by atoms with E-state index in [0.29, 0.717) is 24.8 Å². The summed E-state index contributed by atoms with van der Waals surface area (Å²) in [5.41, 5.74) is 3.83. The van der Waals surface area contributed by atoms with Crippen molar-refractivity contribution in [2.45, 2.75) is 39.2 Å². The van der Waals surface area contributed by atoms with Crippen LogP contribution in [-0.4, -0.2) is 28.1 Å². The Morgan fingerprint density at radius 3 is 2.55 bits per heavy atom. The van der Waals surface area contributed by atoms with E-state index in [0.717, 1.165) is 22.4 Å². The third kappa shape index (κ3) is 2.97. The van der Waals surface area contributed by atoms with E-state index < -0.39 is 5.41 Å². The van der Waals surface area contributed by atoms with Crippen molar-refractivity contribution in [1.29, 1.82) is 0 Å². The zero-order chi connectivity index (χ0) is 21.8. The predicted molar refractivity (Wildman–Crippen MR) is 120 cm³/mol. The number of para-hydroxylation sites is 1. The largest absolute Gasteiger partial charge is 0.311 e. The van der Waals surface area contributed by atoms with Gasteiger partial charge in [-0.15, -0.1) is 0 Å². The molecular formula is C25H26N4O2. The Morgan fingerprint density at radius 2 is 1.81 bits per heavy atom. The summed E-state index contributed by atoms with van der Waals surface area (Å²) < 4.78 is 1.79. The van der Waals surface area contributed by atoms with Crippen molar-refractivity contribution in [3.63, 3.8) is 0 Å². The lowest BCUT2D eigenvalue weighted by atomic mass is 9.72. The lowest BCUT2D eigenvalue weighted by Crippen LogP contribution is -2.47. The summed E-state index contributed by atoms with van der Waals surface area (Å²) in [6.07, 6.45) is 1.86. The standard InChI is InChI=1S/C25H26N4O2/c1-16(2)14-28-21-7-5-4-6-19(21)25(24(28)31)12-22(30)27-23-20(25)13-26-29(23)15-18-10-8-17(3)9-11-18/h4-11,13,16H,12,14-15H2,1-3H3,(H,27,30)/t25-/m0/s1. The van der Waals surface area contributed by atoms with Crippen LogP contribution in [0.25, 0.3) is 0 Å². The predicted octanol–water partition coefficient (Wildman–Crippen LogP) is 3.87. The second-order valence-electron chi connectivity index (χ2n) is 9.01. The minimum atomic E-state index is -1.02. The zero-order valence-electron chi connectivity index (χ0n) is 18.1. The fourth-order valence-electron chi connectivity index (χ4n) is 4.83. The number of anilines is 2. The minimum absolute atomic E-state index is 0.0339. The first-order valence-corrected chi connectivity index (χ1v) is 10.7. The van der Waals surface area contributed by atoms with Crippen molar-refractivity contribution in [2.75, 3.05) is 16.8 Å². The van der Waals surface area contributed by atoms with Gasteiger partial charge < -0.3 is 10.2 Å². The Morgan fingerprint density at radius 1 is 1.06 bits per heavy atom. The number of aromatic nitrogens is 2. The summed E-state index contributed by atoms with van der Waals surface area (Å²) >= 11 is 0. The summed E-state index contributed by atoms with van der Waals surface area (Å²) in [5.74, 6) is 0.737. The molecular weight excluding hydrogens is 388 g/mol. The first-order chi connectivity index (χ1) is 14.9. The zero-order valence-corrected chi connectivity index (χ0v) is 18.1. The van der Waals surface area contributed by atoms with Crippen LogP contribution in [0.1, 0.15) is 42.5 Å². The molecule has 158 valence electrons. The number of aryl methyl sites for hydroxylation is 1. The van der Waals surface area contributed by atoms with Crippen LogP contribution in [0.5, 0.6) is 0 Å². The maximum atomic E-state index is 13.9. The third-order valence-electron chi connectivity index (χ3n) is 6.25. The number of benzene rings is 2. The van der Waals surface area contributed by atoms with Gasteiger partial charge in [0.05, 0.1) is 12.7 Å². The number of rotatable bonds is 4. The highest BCUT2D eigenvalue weighted by molar-refractivity contribution is 6.15. The van der Waals surface area contributed by atoms with Crippen LogP contribution in [0.15, 0.2) is 54.7 Å². The molecule has 3 aromatic rings. The van der Waals surface area contributed by atoms with Crippen LogP contribution in [0.4, 0.5) is 11.5 Å². The molecule has 1 spiro atoms. The Kier molecular flexibility index (Phi) is 4.46. The maximum Gasteiger partial charge on any atom is 0.242 e. The molecule has 0 aliphatic carbocycles. The van der Waals surface area contributed by atoms with Gasteiger partial charge in [-0.3, -0.25) is 9.59 Å². The number of fused-ring (bicyclic) bond motifs is 4. The quantitative estimate of drug-likeness (QED) is 0.705. The van der Waals surface area contributed by atoms with E-state index in [2.05, 4.69) is 55.5 Å². The van der Waals surface area contributed by atoms with E-state index in [1.165, 1.54) is 5.56 Å². The molecule has 2 aliphatic rings.